The molecule has 1 aromatic rings. The zero-order valence-electron chi connectivity index (χ0n) is 10.9. The first-order chi connectivity index (χ1) is 8.26. The van der Waals surface area contributed by atoms with Gasteiger partial charge in [0.05, 0.1) is 6.04 Å². The zero-order chi connectivity index (χ0) is 12.3. The summed E-state index contributed by atoms with van der Waals surface area (Å²) in [6, 6.07) is 0.450. The molecule has 1 aromatic heterocycles. The van der Waals surface area contributed by atoms with Crippen molar-refractivity contribution in [2.75, 3.05) is 19.6 Å². The van der Waals surface area contributed by atoms with Crippen LogP contribution < -0.4 is 5.73 Å². The Bertz CT molecular complexity index is 336. The number of rotatable bonds is 3. The quantitative estimate of drug-likeness (QED) is 0.900. The molecule has 0 aliphatic carbocycles. The monoisotopic (exact) mass is 253 g/mol. The lowest BCUT2D eigenvalue weighted by Crippen LogP contribution is -2.35. The predicted molar refractivity (Wildman–Crippen MR) is 73.2 cm³/mol. The van der Waals surface area contributed by atoms with E-state index in [1.54, 1.807) is 11.3 Å². The number of hydrogen-bond acceptors (Lipinski definition) is 4. The summed E-state index contributed by atoms with van der Waals surface area (Å²) in [6.45, 7) is 7.38. The highest BCUT2D eigenvalue weighted by Crippen LogP contribution is 2.35. The highest BCUT2D eigenvalue weighted by molar-refractivity contribution is 7.09. The fourth-order valence-electron chi connectivity index (χ4n) is 2.78. The third-order valence-corrected chi connectivity index (χ3v) is 4.74. The molecule has 4 heteroatoms. The first kappa shape index (κ1) is 13.0. The normalized spacial score (nSPS) is 27.0. The molecule has 0 radical (unpaired) electrons. The van der Waals surface area contributed by atoms with Crippen molar-refractivity contribution >= 4 is 11.3 Å². The van der Waals surface area contributed by atoms with Crippen molar-refractivity contribution in [3.05, 3.63) is 16.1 Å². The van der Waals surface area contributed by atoms with Gasteiger partial charge in [-0.3, -0.25) is 4.90 Å². The molecule has 96 valence electrons. The second kappa shape index (κ2) is 5.94. The Morgan fingerprint density at radius 3 is 2.94 bits per heavy atom. The molecule has 0 amide bonds. The van der Waals surface area contributed by atoms with Gasteiger partial charge in [-0.2, -0.15) is 0 Å². The van der Waals surface area contributed by atoms with Crippen molar-refractivity contribution in [3.8, 4) is 0 Å². The van der Waals surface area contributed by atoms with Crippen molar-refractivity contribution in [1.82, 2.24) is 9.88 Å². The third-order valence-electron chi connectivity index (χ3n) is 3.71. The predicted octanol–water partition coefficient (Wildman–Crippen LogP) is 2.57. The van der Waals surface area contributed by atoms with Gasteiger partial charge in [-0.1, -0.05) is 13.3 Å². The van der Waals surface area contributed by atoms with E-state index in [0.29, 0.717) is 12.0 Å². The molecule has 2 N–H and O–H groups in total. The molecule has 0 saturated carbocycles. The van der Waals surface area contributed by atoms with E-state index in [1.807, 2.05) is 0 Å². The number of aryl methyl sites for hydroxylation is 1. The van der Waals surface area contributed by atoms with Crippen LogP contribution in [0, 0.1) is 12.8 Å². The van der Waals surface area contributed by atoms with Crippen LogP contribution in [-0.4, -0.2) is 29.5 Å². The molecule has 2 unspecified atom stereocenters. The average Bonchev–Trinajstić information content (AvgIpc) is 2.65. The maximum absolute atomic E-state index is 5.97. The van der Waals surface area contributed by atoms with Crippen molar-refractivity contribution in [3.63, 3.8) is 0 Å². The molecule has 17 heavy (non-hydrogen) atoms. The maximum Gasteiger partial charge on any atom is 0.110 e. The van der Waals surface area contributed by atoms with Gasteiger partial charge >= 0.3 is 0 Å². The fourth-order valence-corrected chi connectivity index (χ4v) is 3.81. The van der Waals surface area contributed by atoms with Crippen LogP contribution in [-0.2, 0) is 0 Å². The SMILES string of the molecule is CCN1CCCCC(CN)C1c1nc(C)cs1. The van der Waals surface area contributed by atoms with Crippen LogP contribution in [0.15, 0.2) is 5.38 Å². The Kier molecular flexibility index (Phi) is 4.54. The minimum atomic E-state index is 0.450. The van der Waals surface area contributed by atoms with E-state index in [4.69, 9.17) is 10.7 Å². The average molecular weight is 253 g/mol. The van der Waals surface area contributed by atoms with Gasteiger partial charge in [0.1, 0.15) is 5.01 Å². The van der Waals surface area contributed by atoms with E-state index in [2.05, 4.69) is 24.1 Å². The minimum Gasteiger partial charge on any atom is -0.330 e. The lowest BCUT2D eigenvalue weighted by molar-refractivity contribution is 0.166. The van der Waals surface area contributed by atoms with E-state index in [9.17, 15) is 0 Å². The van der Waals surface area contributed by atoms with Gasteiger partial charge in [0.25, 0.3) is 0 Å². The van der Waals surface area contributed by atoms with Crippen molar-refractivity contribution in [2.45, 2.75) is 39.2 Å². The molecule has 0 spiro atoms. The smallest absolute Gasteiger partial charge is 0.110 e. The molecule has 1 aliphatic rings. The molecule has 2 heterocycles. The summed E-state index contributed by atoms with van der Waals surface area (Å²) < 4.78 is 0. The first-order valence-electron chi connectivity index (χ1n) is 6.62. The highest BCUT2D eigenvalue weighted by Gasteiger charge is 2.31. The number of hydrogen-bond donors (Lipinski definition) is 1. The van der Waals surface area contributed by atoms with Gasteiger partial charge in [-0.25, -0.2) is 4.98 Å². The third kappa shape index (κ3) is 2.87. The molecule has 1 fully saturated rings. The van der Waals surface area contributed by atoms with Crippen LogP contribution in [0.3, 0.4) is 0 Å². The fraction of sp³-hybridized carbons (Fsp3) is 0.769. The summed E-state index contributed by atoms with van der Waals surface area (Å²) in [5.41, 5.74) is 7.11. The largest absolute Gasteiger partial charge is 0.330 e. The minimum absolute atomic E-state index is 0.450. The molecule has 0 bridgehead atoms. The second-order valence-electron chi connectivity index (χ2n) is 4.89. The molecule has 3 nitrogen and oxygen atoms in total. The summed E-state index contributed by atoms with van der Waals surface area (Å²) in [5, 5.41) is 3.42. The maximum atomic E-state index is 5.97. The van der Waals surface area contributed by atoms with Crippen LogP contribution in [0.2, 0.25) is 0 Å². The van der Waals surface area contributed by atoms with Crippen LogP contribution in [0.1, 0.15) is 42.9 Å². The Morgan fingerprint density at radius 2 is 2.35 bits per heavy atom. The molecule has 2 rings (SSSR count). The highest BCUT2D eigenvalue weighted by atomic mass is 32.1. The standard InChI is InChI=1S/C13H23N3S/c1-3-16-7-5-4-6-11(8-14)12(16)13-15-10(2)9-17-13/h9,11-12H,3-8,14H2,1-2H3. The number of nitrogens with two attached hydrogens (primary N) is 1. The Balaban J connectivity index is 2.27. The molecule has 0 aromatic carbocycles. The van der Waals surface area contributed by atoms with Gasteiger partial charge in [-0.15, -0.1) is 11.3 Å². The van der Waals surface area contributed by atoms with Gasteiger partial charge in [-0.05, 0) is 45.3 Å². The van der Waals surface area contributed by atoms with Crippen molar-refractivity contribution in [1.29, 1.82) is 0 Å². The van der Waals surface area contributed by atoms with Gasteiger partial charge < -0.3 is 5.73 Å². The molecular weight excluding hydrogens is 230 g/mol. The topological polar surface area (TPSA) is 42.1 Å². The Labute approximate surface area is 108 Å². The number of thiazole rings is 1. The van der Waals surface area contributed by atoms with E-state index >= 15 is 0 Å². The Morgan fingerprint density at radius 1 is 1.53 bits per heavy atom. The Hall–Kier alpha value is -0.450. The lowest BCUT2D eigenvalue weighted by atomic mass is 9.95. The van der Waals surface area contributed by atoms with Gasteiger partial charge in [0, 0.05) is 11.1 Å². The summed E-state index contributed by atoms with van der Waals surface area (Å²) in [6.07, 6.45) is 3.85. The summed E-state index contributed by atoms with van der Waals surface area (Å²) in [4.78, 5) is 7.25. The number of likely N-dealkylation sites (tertiary alicyclic amines) is 1. The molecule has 1 saturated heterocycles. The first-order valence-corrected chi connectivity index (χ1v) is 7.50. The summed E-state index contributed by atoms with van der Waals surface area (Å²) in [5.74, 6) is 0.572. The summed E-state index contributed by atoms with van der Waals surface area (Å²) in [7, 11) is 0. The number of aromatic nitrogens is 1. The van der Waals surface area contributed by atoms with Crippen molar-refractivity contribution in [2.24, 2.45) is 11.7 Å². The van der Waals surface area contributed by atoms with E-state index < -0.39 is 0 Å². The summed E-state index contributed by atoms with van der Waals surface area (Å²) >= 11 is 1.80. The van der Waals surface area contributed by atoms with Crippen LogP contribution in [0.25, 0.3) is 0 Å². The van der Waals surface area contributed by atoms with E-state index in [0.717, 1.165) is 18.8 Å². The van der Waals surface area contributed by atoms with Gasteiger partial charge in [0.2, 0.25) is 0 Å². The number of nitrogens with zero attached hydrogens (tertiary/aromatic N) is 2. The van der Waals surface area contributed by atoms with Gasteiger partial charge in [0.15, 0.2) is 0 Å². The van der Waals surface area contributed by atoms with E-state index in [-0.39, 0.29) is 0 Å². The zero-order valence-corrected chi connectivity index (χ0v) is 11.7. The molecular formula is C13H23N3S. The van der Waals surface area contributed by atoms with Crippen LogP contribution in [0.5, 0.6) is 0 Å². The molecule has 2 atom stereocenters. The second-order valence-corrected chi connectivity index (χ2v) is 5.78. The van der Waals surface area contributed by atoms with Crippen molar-refractivity contribution < 1.29 is 0 Å². The van der Waals surface area contributed by atoms with E-state index in [1.165, 1.54) is 30.8 Å². The lowest BCUT2D eigenvalue weighted by Gasteiger charge is -2.32. The van der Waals surface area contributed by atoms with Crippen LogP contribution in [0.4, 0.5) is 0 Å². The van der Waals surface area contributed by atoms with Crippen LogP contribution >= 0.6 is 11.3 Å². The molecule has 1 aliphatic heterocycles.